The van der Waals surface area contributed by atoms with E-state index in [2.05, 4.69) is 0 Å². The van der Waals surface area contributed by atoms with Gasteiger partial charge in [-0.3, -0.25) is 9.69 Å². The van der Waals surface area contributed by atoms with Crippen LogP contribution in [-0.2, 0) is 9.53 Å². The van der Waals surface area contributed by atoms with Crippen LogP contribution >= 0.6 is 0 Å². The molecule has 1 heterocycles. The van der Waals surface area contributed by atoms with Crippen LogP contribution in [0, 0.1) is 0 Å². The first-order valence-electron chi connectivity index (χ1n) is 5.79. The van der Waals surface area contributed by atoms with Gasteiger partial charge < -0.3 is 9.84 Å². The molecule has 2 atom stereocenters. The maximum absolute atomic E-state index is 10.9. The average Bonchev–Trinajstić information content (AvgIpc) is 2.29. The Bertz CT molecular complexity index is 380. The van der Waals surface area contributed by atoms with Gasteiger partial charge in [0.05, 0.1) is 25.3 Å². The largest absolute Gasteiger partial charge is 0.480 e. The predicted molar refractivity (Wildman–Crippen MR) is 63.8 cm³/mol. The molecule has 2 rings (SSSR count). The number of morpholine rings is 1. The molecule has 92 valence electrons. The van der Waals surface area contributed by atoms with Crippen LogP contribution in [0.2, 0.25) is 0 Å². The van der Waals surface area contributed by atoms with Crippen molar-refractivity contribution in [3.05, 3.63) is 35.9 Å². The van der Waals surface area contributed by atoms with E-state index in [-0.39, 0.29) is 18.7 Å². The topological polar surface area (TPSA) is 49.8 Å². The van der Waals surface area contributed by atoms with Crippen LogP contribution in [0.3, 0.4) is 0 Å². The van der Waals surface area contributed by atoms with E-state index in [0.717, 1.165) is 5.56 Å². The Balaban J connectivity index is 2.15. The Morgan fingerprint density at radius 3 is 2.82 bits per heavy atom. The first-order chi connectivity index (χ1) is 8.16. The normalized spacial score (nSPS) is 25.7. The number of rotatable bonds is 3. The van der Waals surface area contributed by atoms with E-state index in [4.69, 9.17) is 9.84 Å². The molecule has 1 N–H and O–H groups in total. The molecule has 1 aliphatic rings. The van der Waals surface area contributed by atoms with Crippen LogP contribution in [0.25, 0.3) is 0 Å². The fraction of sp³-hybridized carbons (Fsp3) is 0.462. The fourth-order valence-electron chi connectivity index (χ4n) is 2.20. The van der Waals surface area contributed by atoms with Gasteiger partial charge >= 0.3 is 5.97 Å². The lowest BCUT2D eigenvalue weighted by Gasteiger charge is -2.37. The minimum atomic E-state index is -0.792. The summed E-state index contributed by atoms with van der Waals surface area (Å²) in [4.78, 5) is 12.8. The van der Waals surface area contributed by atoms with Crippen molar-refractivity contribution in [1.29, 1.82) is 0 Å². The molecule has 0 saturated carbocycles. The number of carbonyl (C=O) groups is 1. The highest BCUT2D eigenvalue weighted by atomic mass is 16.5. The predicted octanol–water partition coefficient (Wildman–Crippen LogP) is 1.53. The smallest absolute Gasteiger partial charge is 0.317 e. The van der Waals surface area contributed by atoms with Crippen molar-refractivity contribution in [3.8, 4) is 0 Å². The molecule has 0 aliphatic carbocycles. The SMILES string of the molecule is CC1CN(CC(=O)O)C(c2ccccc2)CO1. The van der Waals surface area contributed by atoms with Gasteiger partial charge in [-0.05, 0) is 12.5 Å². The molecular weight excluding hydrogens is 218 g/mol. The lowest BCUT2D eigenvalue weighted by Crippen LogP contribution is -2.45. The van der Waals surface area contributed by atoms with Gasteiger partial charge in [0, 0.05) is 6.54 Å². The zero-order chi connectivity index (χ0) is 12.3. The second-order valence-corrected chi connectivity index (χ2v) is 4.39. The third-order valence-electron chi connectivity index (χ3n) is 2.99. The Kier molecular flexibility index (Phi) is 3.76. The van der Waals surface area contributed by atoms with Crippen LogP contribution in [-0.4, -0.2) is 41.8 Å². The van der Waals surface area contributed by atoms with E-state index in [9.17, 15) is 4.79 Å². The van der Waals surface area contributed by atoms with Crippen LogP contribution < -0.4 is 0 Å². The number of ether oxygens (including phenoxy) is 1. The Morgan fingerprint density at radius 1 is 1.47 bits per heavy atom. The number of hydrogen-bond acceptors (Lipinski definition) is 3. The highest BCUT2D eigenvalue weighted by Gasteiger charge is 2.29. The molecule has 1 aromatic carbocycles. The Labute approximate surface area is 101 Å². The molecular formula is C13H17NO3. The van der Waals surface area contributed by atoms with Crippen LogP contribution in [0.4, 0.5) is 0 Å². The standard InChI is InChI=1S/C13H17NO3/c1-10-7-14(8-13(15)16)12(9-17-10)11-5-3-2-4-6-11/h2-6,10,12H,7-9H2,1H3,(H,15,16). The van der Waals surface area contributed by atoms with Gasteiger partial charge in [0.1, 0.15) is 0 Å². The van der Waals surface area contributed by atoms with Crippen molar-refractivity contribution in [2.75, 3.05) is 19.7 Å². The van der Waals surface area contributed by atoms with Crippen molar-refractivity contribution < 1.29 is 14.6 Å². The molecule has 1 aromatic rings. The average molecular weight is 235 g/mol. The Hall–Kier alpha value is -1.39. The molecule has 4 nitrogen and oxygen atoms in total. The monoisotopic (exact) mass is 235 g/mol. The number of carboxylic acid groups (broad SMARTS) is 1. The molecule has 0 spiro atoms. The van der Waals surface area contributed by atoms with Crippen LogP contribution in [0.1, 0.15) is 18.5 Å². The summed E-state index contributed by atoms with van der Waals surface area (Å²) in [6.45, 7) is 3.24. The number of benzene rings is 1. The Morgan fingerprint density at radius 2 is 2.18 bits per heavy atom. The van der Waals surface area contributed by atoms with E-state index in [1.54, 1.807) is 0 Å². The van der Waals surface area contributed by atoms with Gasteiger partial charge in [0.15, 0.2) is 0 Å². The van der Waals surface area contributed by atoms with Crippen molar-refractivity contribution >= 4 is 5.97 Å². The maximum Gasteiger partial charge on any atom is 0.317 e. The summed E-state index contributed by atoms with van der Waals surface area (Å²) >= 11 is 0. The van der Waals surface area contributed by atoms with Gasteiger partial charge in [0.2, 0.25) is 0 Å². The molecule has 1 aliphatic heterocycles. The lowest BCUT2D eigenvalue weighted by molar-refractivity contribution is -0.142. The van der Waals surface area contributed by atoms with Crippen LogP contribution in [0.15, 0.2) is 30.3 Å². The first kappa shape index (κ1) is 12.1. The van der Waals surface area contributed by atoms with Crippen molar-refractivity contribution in [2.24, 2.45) is 0 Å². The van der Waals surface area contributed by atoms with E-state index < -0.39 is 5.97 Å². The van der Waals surface area contributed by atoms with Crippen molar-refractivity contribution in [2.45, 2.75) is 19.1 Å². The molecule has 0 radical (unpaired) electrons. The van der Waals surface area contributed by atoms with Gasteiger partial charge in [0.25, 0.3) is 0 Å². The summed E-state index contributed by atoms with van der Waals surface area (Å²) in [6, 6.07) is 9.96. The molecule has 0 bridgehead atoms. The number of aliphatic carboxylic acids is 1. The lowest BCUT2D eigenvalue weighted by atomic mass is 10.0. The van der Waals surface area contributed by atoms with E-state index in [1.807, 2.05) is 42.2 Å². The van der Waals surface area contributed by atoms with Crippen LogP contribution in [0.5, 0.6) is 0 Å². The minimum Gasteiger partial charge on any atom is -0.480 e. The summed E-state index contributed by atoms with van der Waals surface area (Å²) in [7, 11) is 0. The van der Waals surface area contributed by atoms with E-state index in [1.165, 1.54) is 0 Å². The molecule has 17 heavy (non-hydrogen) atoms. The highest BCUT2D eigenvalue weighted by molar-refractivity contribution is 5.69. The third kappa shape index (κ3) is 3.05. The van der Waals surface area contributed by atoms with Crippen molar-refractivity contribution in [1.82, 2.24) is 4.90 Å². The first-order valence-corrected chi connectivity index (χ1v) is 5.79. The molecule has 0 aromatic heterocycles. The summed E-state index contributed by atoms with van der Waals surface area (Å²) in [5, 5.41) is 8.93. The number of carboxylic acids is 1. The molecule has 1 saturated heterocycles. The minimum absolute atomic E-state index is 0.0449. The molecule has 0 amide bonds. The zero-order valence-corrected chi connectivity index (χ0v) is 9.87. The van der Waals surface area contributed by atoms with Gasteiger partial charge in [-0.1, -0.05) is 30.3 Å². The molecule has 1 fully saturated rings. The summed E-state index contributed by atoms with van der Waals surface area (Å²) in [5.74, 6) is -0.792. The number of nitrogens with zero attached hydrogens (tertiary/aromatic N) is 1. The maximum atomic E-state index is 10.9. The molecule has 2 unspecified atom stereocenters. The molecule has 4 heteroatoms. The number of hydrogen-bond donors (Lipinski definition) is 1. The van der Waals surface area contributed by atoms with Gasteiger partial charge in [-0.2, -0.15) is 0 Å². The van der Waals surface area contributed by atoms with Crippen molar-refractivity contribution in [3.63, 3.8) is 0 Å². The van der Waals surface area contributed by atoms with Gasteiger partial charge in [-0.15, -0.1) is 0 Å². The highest BCUT2D eigenvalue weighted by Crippen LogP contribution is 2.25. The second-order valence-electron chi connectivity index (χ2n) is 4.39. The van der Waals surface area contributed by atoms with Gasteiger partial charge in [-0.25, -0.2) is 0 Å². The van der Waals surface area contributed by atoms with E-state index >= 15 is 0 Å². The van der Waals surface area contributed by atoms with E-state index in [0.29, 0.717) is 13.2 Å². The zero-order valence-electron chi connectivity index (χ0n) is 9.87. The second kappa shape index (κ2) is 5.29. The summed E-state index contributed by atoms with van der Waals surface area (Å²) in [6.07, 6.45) is 0.0920. The third-order valence-corrected chi connectivity index (χ3v) is 2.99. The fourth-order valence-corrected chi connectivity index (χ4v) is 2.20. The quantitative estimate of drug-likeness (QED) is 0.863. The summed E-state index contributed by atoms with van der Waals surface area (Å²) in [5.41, 5.74) is 1.11. The summed E-state index contributed by atoms with van der Waals surface area (Å²) < 4.78 is 5.62.